The SMILES string of the molecule is CNC(C)(C)C(=O)NC1CC1(C)C. The Labute approximate surface area is 80.3 Å². The number of hydrogen-bond acceptors (Lipinski definition) is 2. The van der Waals surface area contributed by atoms with Gasteiger partial charge in [0, 0.05) is 6.04 Å². The van der Waals surface area contributed by atoms with Crippen LogP contribution in [0.3, 0.4) is 0 Å². The Kier molecular flexibility index (Phi) is 2.41. The van der Waals surface area contributed by atoms with Gasteiger partial charge in [0.05, 0.1) is 5.54 Å². The van der Waals surface area contributed by atoms with Crippen LogP contribution in [-0.2, 0) is 4.79 Å². The standard InChI is InChI=1S/C10H20N2O/c1-9(2)6-7(9)12-8(13)10(3,4)11-5/h7,11H,6H2,1-5H3,(H,12,13). The summed E-state index contributed by atoms with van der Waals surface area (Å²) in [5.74, 6) is 0.0885. The molecule has 1 unspecified atom stereocenters. The van der Waals surface area contributed by atoms with Crippen molar-refractivity contribution in [2.75, 3.05) is 7.05 Å². The van der Waals surface area contributed by atoms with Crippen LogP contribution in [0, 0.1) is 5.41 Å². The molecule has 0 aromatic carbocycles. The summed E-state index contributed by atoms with van der Waals surface area (Å²) < 4.78 is 0. The highest BCUT2D eigenvalue weighted by Crippen LogP contribution is 2.44. The minimum absolute atomic E-state index is 0.0885. The molecule has 0 aromatic rings. The van der Waals surface area contributed by atoms with Gasteiger partial charge in [0.25, 0.3) is 0 Å². The first-order valence-corrected chi connectivity index (χ1v) is 4.79. The van der Waals surface area contributed by atoms with Crippen molar-refractivity contribution in [1.82, 2.24) is 10.6 Å². The lowest BCUT2D eigenvalue weighted by Crippen LogP contribution is -2.52. The topological polar surface area (TPSA) is 41.1 Å². The van der Waals surface area contributed by atoms with Crippen molar-refractivity contribution in [3.8, 4) is 0 Å². The number of carbonyl (C=O) groups is 1. The van der Waals surface area contributed by atoms with Crippen LogP contribution >= 0.6 is 0 Å². The van der Waals surface area contributed by atoms with Crippen LogP contribution in [0.2, 0.25) is 0 Å². The summed E-state index contributed by atoms with van der Waals surface area (Å²) in [4.78, 5) is 11.7. The Balaban J connectivity index is 2.43. The monoisotopic (exact) mass is 184 g/mol. The molecule has 1 saturated carbocycles. The second-order valence-corrected chi connectivity index (χ2v) is 5.09. The van der Waals surface area contributed by atoms with E-state index in [1.54, 1.807) is 7.05 Å². The minimum Gasteiger partial charge on any atom is -0.351 e. The van der Waals surface area contributed by atoms with Crippen molar-refractivity contribution in [1.29, 1.82) is 0 Å². The fraction of sp³-hybridized carbons (Fsp3) is 0.900. The van der Waals surface area contributed by atoms with Crippen molar-refractivity contribution in [2.45, 2.75) is 45.7 Å². The Bertz CT molecular complexity index is 221. The fourth-order valence-electron chi connectivity index (χ4n) is 1.17. The maximum Gasteiger partial charge on any atom is 0.239 e. The highest BCUT2D eigenvalue weighted by Gasteiger charge is 2.47. The van der Waals surface area contributed by atoms with Crippen molar-refractivity contribution >= 4 is 5.91 Å². The first-order chi connectivity index (χ1) is 5.79. The predicted octanol–water partition coefficient (Wildman–Crippen LogP) is 0.899. The Hall–Kier alpha value is -0.570. The van der Waals surface area contributed by atoms with Crippen molar-refractivity contribution in [2.24, 2.45) is 5.41 Å². The van der Waals surface area contributed by atoms with Gasteiger partial charge in [-0.15, -0.1) is 0 Å². The summed E-state index contributed by atoms with van der Waals surface area (Å²) in [7, 11) is 1.80. The smallest absolute Gasteiger partial charge is 0.239 e. The van der Waals surface area contributed by atoms with Crippen LogP contribution in [0.5, 0.6) is 0 Å². The van der Waals surface area contributed by atoms with E-state index in [9.17, 15) is 4.79 Å². The molecular formula is C10H20N2O. The lowest BCUT2D eigenvalue weighted by molar-refractivity contribution is -0.126. The van der Waals surface area contributed by atoms with E-state index in [0.29, 0.717) is 11.5 Å². The molecule has 1 fully saturated rings. The molecule has 0 aromatic heterocycles. The quantitative estimate of drug-likeness (QED) is 0.684. The molecule has 1 aliphatic rings. The van der Waals surface area contributed by atoms with Crippen molar-refractivity contribution in [3.05, 3.63) is 0 Å². The van der Waals surface area contributed by atoms with Crippen molar-refractivity contribution < 1.29 is 4.79 Å². The molecule has 76 valence electrons. The predicted molar refractivity (Wildman–Crippen MR) is 53.5 cm³/mol. The first-order valence-electron chi connectivity index (χ1n) is 4.79. The first kappa shape index (κ1) is 10.5. The summed E-state index contributed by atoms with van der Waals surface area (Å²) in [6, 6.07) is 0.368. The summed E-state index contributed by atoms with van der Waals surface area (Å²) >= 11 is 0. The van der Waals surface area contributed by atoms with Crippen LogP contribution in [0.15, 0.2) is 0 Å². The average Bonchev–Trinajstić information content (AvgIpc) is 2.58. The van der Waals surface area contributed by atoms with Gasteiger partial charge in [-0.1, -0.05) is 13.8 Å². The van der Waals surface area contributed by atoms with Gasteiger partial charge in [0.15, 0.2) is 0 Å². The van der Waals surface area contributed by atoms with Crippen LogP contribution in [-0.4, -0.2) is 24.5 Å². The molecule has 2 N–H and O–H groups in total. The van der Waals surface area contributed by atoms with E-state index in [1.165, 1.54) is 0 Å². The van der Waals surface area contributed by atoms with Crippen LogP contribution < -0.4 is 10.6 Å². The lowest BCUT2D eigenvalue weighted by Gasteiger charge is -2.23. The molecule has 0 radical (unpaired) electrons. The molecule has 1 amide bonds. The number of carbonyl (C=O) groups excluding carboxylic acids is 1. The third kappa shape index (κ3) is 2.21. The highest BCUT2D eigenvalue weighted by molar-refractivity contribution is 5.85. The maximum absolute atomic E-state index is 11.7. The molecule has 0 aliphatic heterocycles. The van der Waals surface area contributed by atoms with E-state index in [2.05, 4.69) is 24.5 Å². The highest BCUT2D eigenvalue weighted by atomic mass is 16.2. The number of likely N-dealkylation sites (N-methyl/N-ethyl adjacent to an activating group) is 1. The summed E-state index contributed by atoms with van der Waals surface area (Å²) in [6.07, 6.45) is 1.10. The summed E-state index contributed by atoms with van der Waals surface area (Å²) in [5, 5.41) is 6.02. The Morgan fingerprint density at radius 2 is 1.92 bits per heavy atom. The fourth-order valence-corrected chi connectivity index (χ4v) is 1.17. The van der Waals surface area contributed by atoms with E-state index >= 15 is 0 Å². The molecule has 0 heterocycles. The molecule has 1 rings (SSSR count). The van der Waals surface area contributed by atoms with E-state index in [1.807, 2.05) is 13.8 Å². The zero-order valence-electron chi connectivity index (χ0n) is 9.19. The average molecular weight is 184 g/mol. The number of rotatable bonds is 3. The van der Waals surface area contributed by atoms with Gasteiger partial charge >= 0.3 is 0 Å². The molecule has 13 heavy (non-hydrogen) atoms. The number of nitrogens with one attached hydrogen (secondary N) is 2. The van der Waals surface area contributed by atoms with Crippen LogP contribution in [0.25, 0.3) is 0 Å². The largest absolute Gasteiger partial charge is 0.351 e. The maximum atomic E-state index is 11.7. The molecule has 0 bridgehead atoms. The zero-order chi connectivity index (χ0) is 10.3. The van der Waals surface area contributed by atoms with Gasteiger partial charge < -0.3 is 10.6 Å². The molecule has 1 aliphatic carbocycles. The van der Waals surface area contributed by atoms with Gasteiger partial charge in [-0.05, 0) is 32.7 Å². The third-order valence-electron chi connectivity index (χ3n) is 3.01. The van der Waals surface area contributed by atoms with Gasteiger partial charge in [-0.25, -0.2) is 0 Å². The van der Waals surface area contributed by atoms with Gasteiger partial charge in [0.2, 0.25) is 5.91 Å². The molecule has 0 spiro atoms. The minimum atomic E-state index is -0.460. The number of hydrogen-bond donors (Lipinski definition) is 2. The Morgan fingerprint density at radius 1 is 1.46 bits per heavy atom. The summed E-state index contributed by atoms with van der Waals surface area (Å²) in [5.41, 5.74) is -0.155. The third-order valence-corrected chi connectivity index (χ3v) is 3.01. The summed E-state index contributed by atoms with van der Waals surface area (Å²) in [6.45, 7) is 8.12. The normalized spacial score (nSPS) is 25.5. The number of amides is 1. The van der Waals surface area contributed by atoms with Crippen LogP contribution in [0.1, 0.15) is 34.1 Å². The van der Waals surface area contributed by atoms with Gasteiger partial charge in [-0.3, -0.25) is 4.79 Å². The lowest BCUT2D eigenvalue weighted by atomic mass is 10.0. The van der Waals surface area contributed by atoms with E-state index in [0.717, 1.165) is 6.42 Å². The molecule has 1 atom stereocenters. The van der Waals surface area contributed by atoms with E-state index in [4.69, 9.17) is 0 Å². The molecular weight excluding hydrogens is 164 g/mol. The second-order valence-electron chi connectivity index (χ2n) is 5.09. The van der Waals surface area contributed by atoms with Gasteiger partial charge in [0.1, 0.15) is 0 Å². The van der Waals surface area contributed by atoms with E-state index < -0.39 is 5.54 Å². The second kappa shape index (κ2) is 2.98. The molecule has 0 saturated heterocycles. The zero-order valence-corrected chi connectivity index (χ0v) is 9.19. The van der Waals surface area contributed by atoms with Crippen molar-refractivity contribution in [3.63, 3.8) is 0 Å². The molecule has 3 nitrogen and oxygen atoms in total. The van der Waals surface area contributed by atoms with Gasteiger partial charge in [-0.2, -0.15) is 0 Å². The molecule has 3 heteroatoms. The van der Waals surface area contributed by atoms with Crippen LogP contribution in [0.4, 0.5) is 0 Å². The van der Waals surface area contributed by atoms with E-state index in [-0.39, 0.29) is 5.91 Å². The Morgan fingerprint density at radius 3 is 2.23 bits per heavy atom.